The Bertz CT molecular complexity index is 1220. The molecule has 0 aliphatic heterocycles. The van der Waals surface area contributed by atoms with E-state index < -0.39 is 0 Å². The molecule has 0 saturated heterocycles. The summed E-state index contributed by atoms with van der Waals surface area (Å²) in [6, 6.07) is 21.8. The third-order valence-electron chi connectivity index (χ3n) is 4.71. The van der Waals surface area contributed by atoms with E-state index in [1.807, 2.05) is 30.3 Å². The molecule has 6 heteroatoms. The second-order valence-electron chi connectivity index (χ2n) is 6.86. The van der Waals surface area contributed by atoms with Crippen LogP contribution in [0.4, 0.5) is 8.78 Å². The molecule has 0 aliphatic carbocycles. The Morgan fingerprint density at radius 3 is 2.39 bits per heavy atom. The zero-order valence-electron chi connectivity index (χ0n) is 16.5. The van der Waals surface area contributed by atoms with Crippen LogP contribution in [0.15, 0.2) is 91.1 Å². The molecule has 4 nitrogen and oxygen atoms in total. The number of carbonyl (C=O) groups excluding carboxylic acids is 1. The first-order valence-corrected chi connectivity index (χ1v) is 9.70. The highest BCUT2D eigenvalue weighted by Gasteiger charge is 2.11. The minimum atomic E-state index is -0.366. The lowest BCUT2D eigenvalue weighted by molar-refractivity contribution is -0.116. The fourth-order valence-corrected chi connectivity index (χ4v) is 3.10. The van der Waals surface area contributed by atoms with E-state index in [4.69, 9.17) is 0 Å². The zero-order chi connectivity index (χ0) is 21.6. The maximum Gasteiger partial charge on any atom is 0.244 e. The molecule has 0 spiro atoms. The summed E-state index contributed by atoms with van der Waals surface area (Å²) in [5.41, 5.74) is 3.30. The second-order valence-corrected chi connectivity index (χ2v) is 6.86. The Kier molecular flexibility index (Phi) is 5.98. The topological polar surface area (TPSA) is 46.9 Å². The van der Waals surface area contributed by atoms with Crippen LogP contribution >= 0.6 is 0 Å². The van der Waals surface area contributed by atoms with Gasteiger partial charge in [0.05, 0.1) is 11.4 Å². The molecule has 1 N–H and O–H groups in total. The zero-order valence-corrected chi connectivity index (χ0v) is 16.5. The molecule has 1 aromatic heterocycles. The molecule has 0 bridgehead atoms. The van der Waals surface area contributed by atoms with E-state index >= 15 is 0 Å². The molecule has 154 valence electrons. The Morgan fingerprint density at radius 1 is 0.935 bits per heavy atom. The van der Waals surface area contributed by atoms with Crippen LogP contribution in [-0.2, 0) is 11.3 Å². The summed E-state index contributed by atoms with van der Waals surface area (Å²) in [5, 5.41) is 7.30. The number of hydrogen-bond acceptors (Lipinski definition) is 2. The summed E-state index contributed by atoms with van der Waals surface area (Å²) >= 11 is 0. The number of benzene rings is 3. The largest absolute Gasteiger partial charge is 0.348 e. The van der Waals surface area contributed by atoms with Gasteiger partial charge >= 0.3 is 0 Å². The van der Waals surface area contributed by atoms with Gasteiger partial charge in [0, 0.05) is 35.5 Å². The molecule has 0 aliphatic rings. The molecular weight excluding hydrogens is 396 g/mol. The van der Waals surface area contributed by atoms with Crippen LogP contribution in [0.25, 0.3) is 23.0 Å². The highest BCUT2D eigenvalue weighted by Crippen LogP contribution is 2.25. The van der Waals surface area contributed by atoms with Gasteiger partial charge in [-0.25, -0.2) is 13.5 Å². The SMILES string of the molecule is O=C(/C=C/c1cn(-c2ccccc2)nc1-c1ccc(F)cc1)NCc1ccccc1F. The van der Waals surface area contributed by atoms with Crippen molar-refractivity contribution < 1.29 is 13.6 Å². The first-order valence-electron chi connectivity index (χ1n) is 9.70. The fraction of sp³-hybridized carbons (Fsp3) is 0.0400. The van der Waals surface area contributed by atoms with Crippen molar-refractivity contribution in [3.63, 3.8) is 0 Å². The summed E-state index contributed by atoms with van der Waals surface area (Å²) in [6.45, 7) is 0.0872. The van der Waals surface area contributed by atoms with Crippen LogP contribution < -0.4 is 5.32 Å². The van der Waals surface area contributed by atoms with Gasteiger partial charge in [0.2, 0.25) is 5.91 Å². The number of halogens is 2. The quantitative estimate of drug-likeness (QED) is 0.443. The number of para-hydroxylation sites is 1. The number of amides is 1. The lowest BCUT2D eigenvalue weighted by Gasteiger charge is -2.03. The van der Waals surface area contributed by atoms with E-state index in [1.54, 1.807) is 47.3 Å². The van der Waals surface area contributed by atoms with Crippen molar-refractivity contribution in [3.8, 4) is 16.9 Å². The summed E-state index contributed by atoms with van der Waals surface area (Å²) in [5.74, 6) is -1.06. The van der Waals surface area contributed by atoms with Gasteiger partial charge in [-0.1, -0.05) is 36.4 Å². The van der Waals surface area contributed by atoms with Crippen molar-refractivity contribution in [2.75, 3.05) is 0 Å². The molecule has 1 amide bonds. The van der Waals surface area contributed by atoms with Crippen LogP contribution in [0.5, 0.6) is 0 Å². The van der Waals surface area contributed by atoms with Crippen LogP contribution in [0, 0.1) is 11.6 Å². The van der Waals surface area contributed by atoms with E-state index in [0.717, 1.165) is 11.3 Å². The molecule has 4 rings (SSSR count). The van der Waals surface area contributed by atoms with E-state index in [0.29, 0.717) is 16.8 Å². The molecule has 3 aromatic carbocycles. The predicted octanol–water partition coefficient (Wildman–Crippen LogP) is 5.15. The van der Waals surface area contributed by atoms with Crippen molar-refractivity contribution in [2.24, 2.45) is 0 Å². The monoisotopic (exact) mass is 415 g/mol. The van der Waals surface area contributed by atoms with Crippen LogP contribution in [-0.4, -0.2) is 15.7 Å². The molecular formula is C25H19F2N3O. The maximum absolute atomic E-state index is 13.7. The maximum atomic E-state index is 13.7. The van der Waals surface area contributed by atoms with Crippen molar-refractivity contribution in [1.29, 1.82) is 0 Å². The molecule has 31 heavy (non-hydrogen) atoms. The number of carbonyl (C=O) groups is 1. The number of nitrogens with one attached hydrogen (secondary N) is 1. The smallest absolute Gasteiger partial charge is 0.244 e. The van der Waals surface area contributed by atoms with Gasteiger partial charge in [0.15, 0.2) is 0 Å². The molecule has 0 saturated carbocycles. The highest BCUT2D eigenvalue weighted by atomic mass is 19.1. The summed E-state index contributed by atoms with van der Waals surface area (Å²) in [6.07, 6.45) is 4.82. The summed E-state index contributed by atoms with van der Waals surface area (Å²) < 4.78 is 28.8. The standard InChI is InChI=1S/C25H19F2N3O/c26-21-13-10-18(11-14-21)25-20(17-30(29-25)22-7-2-1-3-8-22)12-15-24(31)28-16-19-6-4-5-9-23(19)27/h1-15,17H,16H2,(H,28,31)/b15-12+. The van der Waals surface area contributed by atoms with Crippen LogP contribution in [0.3, 0.4) is 0 Å². The Hall–Kier alpha value is -4.06. The molecule has 0 atom stereocenters. The molecule has 0 unspecified atom stereocenters. The minimum absolute atomic E-state index is 0.0872. The Labute approximate surface area is 178 Å². The average Bonchev–Trinajstić information content (AvgIpc) is 3.22. The number of nitrogens with zero attached hydrogens (tertiary/aromatic N) is 2. The Balaban J connectivity index is 1.58. The summed E-state index contributed by atoms with van der Waals surface area (Å²) in [4.78, 5) is 12.3. The average molecular weight is 415 g/mol. The van der Waals surface area contributed by atoms with Crippen molar-refractivity contribution in [1.82, 2.24) is 15.1 Å². The number of aromatic nitrogens is 2. The van der Waals surface area contributed by atoms with Gasteiger partial charge in [0.25, 0.3) is 0 Å². The van der Waals surface area contributed by atoms with Gasteiger partial charge in [-0.15, -0.1) is 0 Å². The normalized spacial score (nSPS) is 11.0. The third-order valence-corrected chi connectivity index (χ3v) is 4.71. The molecule has 0 fully saturated rings. The first-order chi connectivity index (χ1) is 15.1. The van der Waals surface area contributed by atoms with E-state index in [-0.39, 0.29) is 24.1 Å². The van der Waals surface area contributed by atoms with Gasteiger partial charge in [-0.3, -0.25) is 4.79 Å². The lowest BCUT2D eigenvalue weighted by Crippen LogP contribution is -2.20. The predicted molar refractivity (Wildman–Crippen MR) is 116 cm³/mol. The van der Waals surface area contributed by atoms with Crippen LogP contribution in [0.1, 0.15) is 11.1 Å². The molecule has 4 aromatic rings. The number of rotatable bonds is 6. The van der Waals surface area contributed by atoms with Gasteiger partial charge in [0.1, 0.15) is 11.6 Å². The van der Waals surface area contributed by atoms with Gasteiger partial charge in [-0.05, 0) is 48.5 Å². The van der Waals surface area contributed by atoms with Gasteiger partial charge in [-0.2, -0.15) is 5.10 Å². The van der Waals surface area contributed by atoms with Crippen molar-refractivity contribution in [2.45, 2.75) is 6.54 Å². The van der Waals surface area contributed by atoms with E-state index in [2.05, 4.69) is 10.4 Å². The second kappa shape index (κ2) is 9.17. The third kappa shape index (κ3) is 4.93. The van der Waals surface area contributed by atoms with E-state index in [1.165, 1.54) is 24.3 Å². The molecule has 0 radical (unpaired) electrons. The van der Waals surface area contributed by atoms with E-state index in [9.17, 15) is 13.6 Å². The summed E-state index contributed by atoms with van der Waals surface area (Å²) in [7, 11) is 0. The number of hydrogen-bond donors (Lipinski definition) is 1. The first kappa shape index (κ1) is 20.2. The van der Waals surface area contributed by atoms with Crippen LogP contribution in [0.2, 0.25) is 0 Å². The highest BCUT2D eigenvalue weighted by molar-refractivity contribution is 5.92. The minimum Gasteiger partial charge on any atom is -0.348 e. The van der Waals surface area contributed by atoms with Crippen molar-refractivity contribution >= 4 is 12.0 Å². The van der Waals surface area contributed by atoms with Gasteiger partial charge < -0.3 is 5.32 Å². The molecule has 1 heterocycles. The Morgan fingerprint density at radius 2 is 1.65 bits per heavy atom. The lowest BCUT2D eigenvalue weighted by atomic mass is 10.1. The fourth-order valence-electron chi connectivity index (χ4n) is 3.10. The van der Waals surface area contributed by atoms with Crippen molar-refractivity contribution in [3.05, 3.63) is 114 Å².